The lowest BCUT2D eigenvalue weighted by atomic mass is 9.96. The van der Waals surface area contributed by atoms with Crippen molar-refractivity contribution in [1.82, 2.24) is 15.5 Å². The van der Waals surface area contributed by atoms with E-state index in [1.54, 1.807) is 7.11 Å². The zero-order valence-electron chi connectivity index (χ0n) is 17.9. The molecule has 1 aliphatic heterocycles. The van der Waals surface area contributed by atoms with Gasteiger partial charge < -0.3 is 20.1 Å². The summed E-state index contributed by atoms with van der Waals surface area (Å²) in [7, 11) is 3.52. The SMILES string of the molecule is CN=C(NCCCOCCOC)NCC1CCN(Cc2ccc(C)cc2)CC1. The fraction of sp³-hybridized carbons (Fsp3) is 0.682. The molecule has 1 aromatic carbocycles. The predicted molar refractivity (Wildman–Crippen MR) is 116 cm³/mol. The van der Waals surface area contributed by atoms with Crippen LogP contribution in [0.15, 0.2) is 29.3 Å². The van der Waals surface area contributed by atoms with Gasteiger partial charge in [0.1, 0.15) is 0 Å². The molecule has 1 aromatic rings. The first-order valence-corrected chi connectivity index (χ1v) is 10.5. The van der Waals surface area contributed by atoms with E-state index in [-0.39, 0.29) is 0 Å². The van der Waals surface area contributed by atoms with Crippen molar-refractivity contribution in [3.8, 4) is 0 Å². The lowest BCUT2D eigenvalue weighted by molar-refractivity contribution is 0.0698. The Morgan fingerprint density at radius 3 is 2.54 bits per heavy atom. The van der Waals surface area contributed by atoms with Crippen molar-refractivity contribution < 1.29 is 9.47 Å². The minimum absolute atomic E-state index is 0.653. The summed E-state index contributed by atoms with van der Waals surface area (Å²) < 4.78 is 10.4. The first kappa shape index (κ1) is 22.7. The molecule has 0 saturated carbocycles. The molecular formula is C22H38N4O2. The van der Waals surface area contributed by atoms with Crippen molar-refractivity contribution in [3.63, 3.8) is 0 Å². The van der Waals surface area contributed by atoms with Crippen molar-refractivity contribution in [1.29, 1.82) is 0 Å². The van der Waals surface area contributed by atoms with Crippen LogP contribution in [0.4, 0.5) is 0 Å². The fourth-order valence-corrected chi connectivity index (χ4v) is 3.39. The predicted octanol–water partition coefficient (Wildman–Crippen LogP) is 2.43. The summed E-state index contributed by atoms with van der Waals surface area (Å²) in [5.41, 5.74) is 2.74. The van der Waals surface area contributed by atoms with Gasteiger partial charge in [-0.15, -0.1) is 0 Å². The van der Waals surface area contributed by atoms with Crippen molar-refractivity contribution in [2.24, 2.45) is 10.9 Å². The van der Waals surface area contributed by atoms with Crippen LogP contribution in [0.3, 0.4) is 0 Å². The second-order valence-corrected chi connectivity index (χ2v) is 7.54. The second kappa shape index (κ2) is 13.5. The number of likely N-dealkylation sites (tertiary alicyclic amines) is 1. The van der Waals surface area contributed by atoms with Gasteiger partial charge in [0.25, 0.3) is 0 Å². The van der Waals surface area contributed by atoms with Gasteiger partial charge in [0, 0.05) is 40.4 Å². The topological polar surface area (TPSA) is 58.1 Å². The van der Waals surface area contributed by atoms with E-state index in [4.69, 9.17) is 9.47 Å². The molecular weight excluding hydrogens is 352 g/mol. The third-order valence-corrected chi connectivity index (χ3v) is 5.21. The Labute approximate surface area is 170 Å². The molecule has 0 atom stereocenters. The van der Waals surface area contributed by atoms with E-state index in [2.05, 4.69) is 51.7 Å². The van der Waals surface area contributed by atoms with Gasteiger partial charge in [0.2, 0.25) is 0 Å². The Hall–Kier alpha value is -1.63. The molecule has 1 saturated heterocycles. The lowest BCUT2D eigenvalue weighted by Gasteiger charge is -2.32. The van der Waals surface area contributed by atoms with Crippen LogP contribution < -0.4 is 10.6 Å². The second-order valence-electron chi connectivity index (χ2n) is 7.54. The van der Waals surface area contributed by atoms with Crippen molar-refractivity contribution in [3.05, 3.63) is 35.4 Å². The molecule has 0 aliphatic carbocycles. The number of guanidine groups is 1. The molecule has 0 spiro atoms. The van der Waals surface area contributed by atoms with Crippen LogP contribution in [0.5, 0.6) is 0 Å². The molecule has 1 heterocycles. The Bertz CT molecular complexity index is 554. The smallest absolute Gasteiger partial charge is 0.190 e. The first-order chi connectivity index (χ1) is 13.7. The number of hydrogen-bond donors (Lipinski definition) is 2. The van der Waals surface area contributed by atoms with Crippen LogP contribution >= 0.6 is 0 Å². The summed E-state index contributed by atoms with van der Waals surface area (Å²) in [5, 5.41) is 6.84. The molecule has 158 valence electrons. The third-order valence-electron chi connectivity index (χ3n) is 5.21. The van der Waals surface area contributed by atoms with Crippen molar-refractivity contribution >= 4 is 5.96 Å². The van der Waals surface area contributed by atoms with Gasteiger partial charge in [-0.1, -0.05) is 29.8 Å². The van der Waals surface area contributed by atoms with E-state index in [1.165, 1.54) is 37.1 Å². The van der Waals surface area contributed by atoms with Gasteiger partial charge in [-0.3, -0.25) is 9.89 Å². The minimum Gasteiger partial charge on any atom is -0.382 e. The highest BCUT2D eigenvalue weighted by atomic mass is 16.5. The van der Waals surface area contributed by atoms with Gasteiger partial charge in [-0.2, -0.15) is 0 Å². The minimum atomic E-state index is 0.653. The molecule has 6 heteroatoms. The van der Waals surface area contributed by atoms with Crippen LogP contribution in [0.25, 0.3) is 0 Å². The molecule has 0 bridgehead atoms. The quantitative estimate of drug-likeness (QED) is 0.345. The van der Waals surface area contributed by atoms with E-state index >= 15 is 0 Å². The Kier molecular flexibility index (Phi) is 10.9. The lowest BCUT2D eigenvalue weighted by Crippen LogP contribution is -2.43. The number of hydrogen-bond acceptors (Lipinski definition) is 4. The maximum Gasteiger partial charge on any atom is 0.190 e. The highest BCUT2D eigenvalue weighted by molar-refractivity contribution is 5.79. The average molecular weight is 391 g/mol. The highest BCUT2D eigenvalue weighted by Gasteiger charge is 2.19. The van der Waals surface area contributed by atoms with Crippen LogP contribution in [0, 0.1) is 12.8 Å². The third kappa shape index (κ3) is 9.04. The fourth-order valence-electron chi connectivity index (χ4n) is 3.39. The van der Waals surface area contributed by atoms with Crippen LogP contribution in [0.1, 0.15) is 30.4 Å². The molecule has 2 N–H and O–H groups in total. The molecule has 6 nitrogen and oxygen atoms in total. The maximum absolute atomic E-state index is 5.47. The summed E-state index contributed by atoms with van der Waals surface area (Å²) in [6.45, 7) is 9.46. The van der Waals surface area contributed by atoms with Gasteiger partial charge in [0.05, 0.1) is 13.2 Å². The summed E-state index contributed by atoms with van der Waals surface area (Å²) in [5.74, 6) is 1.60. The summed E-state index contributed by atoms with van der Waals surface area (Å²) in [4.78, 5) is 6.89. The maximum atomic E-state index is 5.47. The highest BCUT2D eigenvalue weighted by Crippen LogP contribution is 2.18. The number of nitrogens with one attached hydrogen (secondary N) is 2. The van der Waals surface area contributed by atoms with E-state index in [0.717, 1.165) is 38.6 Å². The van der Waals surface area contributed by atoms with Gasteiger partial charge in [-0.05, 0) is 50.8 Å². The molecule has 0 aromatic heterocycles. The molecule has 0 radical (unpaired) electrons. The van der Waals surface area contributed by atoms with Crippen LogP contribution in [-0.4, -0.2) is 71.0 Å². The summed E-state index contributed by atoms with van der Waals surface area (Å²) in [6.07, 6.45) is 3.44. The standard InChI is InChI=1S/C22H38N4O2/c1-19-5-7-21(8-6-19)18-26-12-9-20(10-13-26)17-25-22(23-2)24-11-4-14-28-16-15-27-3/h5-8,20H,4,9-18H2,1-3H3,(H2,23,24,25). The molecule has 1 aliphatic rings. The number of nitrogens with zero attached hydrogens (tertiary/aromatic N) is 2. The Morgan fingerprint density at radius 1 is 1.11 bits per heavy atom. The number of aryl methyl sites for hydroxylation is 1. The zero-order valence-corrected chi connectivity index (χ0v) is 17.9. The zero-order chi connectivity index (χ0) is 20.0. The Morgan fingerprint density at radius 2 is 1.86 bits per heavy atom. The van der Waals surface area contributed by atoms with E-state index < -0.39 is 0 Å². The van der Waals surface area contributed by atoms with Crippen molar-refractivity contribution in [2.75, 3.05) is 60.2 Å². The normalized spacial score (nSPS) is 16.3. The van der Waals surface area contributed by atoms with E-state index in [0.29, 0.717) is 19.1 Å². The first-order valence-electron chi connectivity index (χ1n) is 10.5. The Balaban J connectivity index is 1.55. The molecule has 28 heavy (non-hydrogen) atoms. The molecule has 2 rings (SSSR count). The number of benzene rings is 1. The number of ether oxygens (including phenoxy) is 2. The van der Waals surface area contributed by atoms with Gasteiger partial charge in [0.15, 0.2) is 5.96 Å². The monoisotopic (exact) mass is 390 g/mol. The number of aliphatic imine (C=N–C) groups is 1. The molecule has 1 fully saturated rings. The molecule has 0 unspecified atom stereocenters. The largest absolute Gasteiger partial charge is 0.382 e. The number of piperidine rings is 1. The summed E-state index contributed by atoms with van der Waals surface area (Å²) in [6, 6.07) is 8.91. The van der Waals surface area contributed by atoms with E-state index in [1.807, 2.05) is 7.05 Å². The van der Waals surface area contributed by atoms with Crippen molar-refractivity contribution in [2.45, 2.75) is 32.7 Å². The summed E-state index contributed by atoms with van der Waals surface area (Å²) >= 11 is 0. The van der Waals surface area contributed by atoms with E-state index in [9.17, 15) is 0 Å². The van der Waals surface area contributed by atoms with Gasteiger partial charge >= 0.3 is 0 Å². The van der Waals surface area contributed by atoms with Gasteiger partial charge in [-0.25, -0.2) is 0 Å². The average Bonchev–Trinajstić information content (AvgIpc) is 2.72. The molecule has 0 amide bonds. The van der Waals surface area contributed by atoms with Crippen LogP contribution in [0.2, 0.25) is 0 Å². The number of methoxy groups -OCH3 is 1. The number of rotatable bonds is 11. The van der Waals surface area contributed by atoms with Crippen LogP contribution in [-0.2, 0) is 16.0 Å².